The summed E-state index contributed by atoms with van der Waals surface area (Å²) in [6.45, 7) is 5.38. The molecular weight excluding hydrogens is 192 g/mol. The zero-order chi connectivity index (χ0) is 11.3. The number of anilines is 1. The lowest BCUT2D eigenvalue weighted by Crippen LogP contribution is -2.20. The molecule has 1 unspecified atom stereocenters. The van der Waals surface area contributed by atoms with Crippen molar-refractivity contribution in [3.63, 3.8) is 0 Å². The van der Waals surface area contributed by atoms with Crippen LogP contribution in [0, 0.1) is 12.8 Å². The van der Waals surface area contributed by atoms with Crippen LogP contribution in [0.15, 0.2) is 6.07 Å². The molecule has 1 rings (SSSR count). The molecule has 1 aromatic rings. The number of hydrogen-bond donors (Lipinski definition) is 2. The quantitative estimate of drug-likeness (QED) is 0.752. The summed E-state index contributed by atoms with van der Waals surface area (Å²) < 4.78 is 5.05. The third kappa shape index (κ3) is 3.71. The molecule has 0 fully saturated rings. The molecule has 0 radical (unpaired) electrons. The molecule has 0 saturated carbocycles. The van der Waals surface area contributed by atoms with Crippen LogP contribution in [0.3, 0.4) is 0 Å². The van der Waals surface area contributed by atoms with E-state index in [9.17, 15) is 0 Å². The minimum absolute atomic E-state index is 0.422. The van der Waals surface area contributed by atoms with E-state index in [1.165, 1.54) is 0 Å². The first-order valence-electron chi connectivity index (χ1n) is 4.99. The lowest BCUT2D eigenvalue weighted by atomic mass is 10.2. The average molecular weight is 210 g/mol. The number of nitrogens with one attached hydrogen (secondary N) is 1. The van der Waals surface area contributed by atoms with Crippen LogP contribution in [0.5, 0.6) is 5.88 Å². The van der Waals surface area contributed by atoms with E-state index in [0.29, 0.717) is 24.2 Å². The second-order valence-corrected chi connectivity index (χ2v) is 3.56. The summed E-state index contributed by atoms with van der Waals surface area (Å²) in [5.41, 5.74) is 5.52. The van der Waals surface area contributed by atoms with Gasteiger partial charge in [0.25, 0.3) is 0 Å². The fraction of sp³-hybridized carbons (Fsp3) is 0.600. The maximum atomic E-state index is 5.52. The van der Waals surface area contributed by atoms with Crippen LogP contribution in [0.25, 0.3) is 0 Å². The van der Waals surface area contributed by atoms with Crippen molar-refractivity contribution in [3.8, 4) is 5.88 Å². The van der Waals surface area contributed by atoms with Crippen molar-refractivity contribution in [2.45, 2.75) is 13.8 Å². The van der Waals surface area contributed by atoms with Gasteiger partial charge in [-0.1, -0.05) is 6.92 Å². The zero-order valence-electron chi connectivity index (χ0n) is 9.45. The van der Waals surface area contributed by atoms with Gasteiger partial charge in [0.05, 0.1) is 7.11 Å². The topological polar surface area (TPSA) is 73.1 Å². The van der Waals surface area contributed by atoms with Crippen molar-refractivity contribution in [1.82, 2.24) is 9.97 Å². The highest BCUT2D eigenvalue weighted by Gasteiger charge is 2.03. The molecule has 0 spiro atoms. The van der Waals surface area contributed by atoms with Crippen LogP contribution >= 0.6 is 0 Å². The summed E-state index contributed by atoms with van der Waals surface area (Å²) in [4.78, 5) is 8.35. The van der Waals surface area contributed by atoms with Gasteiger partial charge in [0.15, 0.2) is 0 Å². The summed E-state index contributed by atoms with van der Waals surface area (Å²) in [5, 5.41) is 3.20. The van der Waals surface area contributed by atoms with Crippen molar-refractivity contribution in [2.24, 2.45) is 11.7 Å². The van der Waals surface area contributed by atoms with Gasteiger partial charge in [0.2, 0.25) is 5.88 Å². The Bertz CT molecular complexity index is 316. The number of rotatable bonds is 5. The van der Waals surface area contributed by atoms with Gasteiger partial charge >= 0.3 is 0 Å². The van der Waals surface area contributed by atoms with Crippen molar-refractivity contribution in [1.29, 1.82) is 0 Å². The first-order chi connectivity index (χ1) is 7.15. The van der Waals surface area contributed by atoms with Gasteiger partial charge < -0.3 is 15.8 Å². The molecule has 84 valence electrons. The standard InChI is InChI=1S/C10H18N4O/c1-7(5-11)6-12-9-4-10(15-3)14-8(2)13-9/h4,7H,5-6,11H2,1-3H3,(H,12,13,14). The van der Waals surface area contributed by atoms with Crippen LogP contribution < -0.4 is 15.8 Å². The monoisotopic (exact) mass is 210 g/mol. The number of aromatic nitrogens is 2. The Labute approximate surface area is 90.1 Å². The van der Waals surface area contributed by atoms with Gasteiger partial charge in [-0.3, -0.25) is 0 Å². The average Bonchev–Trinajstić information content (AvgIpc) is 2.25. The SMILES string of the molecule is COc1cc(NCC(C)CN)nc(C)n1. The van der Waals surface area contributed by atoms with Gasteiger partial charge in [-0.2, -0.15) is 4.98 Å². The van der Waals surface area contributed by atoms with Gasteiger partial charge in [-0.05, 0) is 19.4 Å². The summed E-state index contributed by atoms with van der Waals surface area (Å²) in [6.07, 6.45) is 0. The summed E-state index contributed by atoms with van der Waals surface area (Å²) in [7, 11) is 1.59. The molecule has 1 atom stereocenters. The van der Waals surface area contributed by atoms with Gasteiger partial charge in [-0.15, -0.1) is 0 Å². The Hall–Kier alpha value is -1.36. The Balaban J connectivity index is 2.64. The van der Waals surface area contributed by atoms with E-state index in [4.69, 9.17) is 10.5 Å². The maximum absolute atomic E-state index is 5.52. The van der Waals surface area contributed by atoms with E-state index in [0.717, 1.165) is 12.4 Å². The third-order valence-corrected chi connectivity index (χ3v) is 2.06. The van der Waals surface area contributed by atoms with Crippen molar-refractivity contribution in [2.75, 3.05) is 25.5 Å². The van der Waals surface area contributed by atoms with Crippen molar-refractivity contribution < 1.29 is 4.74 Å². The number of nitrogens with two attached hydrogens (primary N) is 1. The molecule has 0 aromatic carbocycles. The second-order valence-electron chi connectivity index (χ2n) is 3.56. The van der Waals surface area contributed by atoms with E-state index in [-0.39, 0.29) is 0 Å². The molecule has 0 aliphatic carbocycles. The molecule has 3 N–H and O–H groups in total. The summed E-state index contributed by atoms with van der Waals surface area (Å²) >= 11 is 0. The lowest BCUT2D eigenvalue weighted by molar-refractivity contribution is 0.396. The minimum atomic E-state index is 0.422. The molecule has 5 nitrogen and oxygen atoms in total. The van der Waals surface area contributed by atoms with E-state index < -0.39 is 0 Å². The highest BCUT2D eigenvalue weighted by Crippen LogP contribution is 2.12. The zero-order valence-corrected chi connectivity index (χ0v) is 9.45. The fourth-order valence-electron chi connectivity index (χ4n) is 1.10. The molecule has 0 aliphatic heterocycles. The molecule has 5 heteroatoms. The van der Waals surface area contributed by atoms with Crippen LogP contribution in [0.2, 0.25) is 0 Å². The van der Waals surface area contributed by atoms with Crippen molar-refractivity contribution >= 4 is 5.82 Å². The molecule has 0 bridgehead atoms. The van der Waals surface area contributed by atoms with Crippen LogP contribution in [0.1, 0.15) is 12.7 Å². The Morgan fingerprint density at radius 3 is 2.87 bits per heavy atom. The molecule has 0 aliphatic rings. The molecule has 15 heavy (non-hydrogen) atoms. The smallest absolute Gasteiger partial charge is 0.218 e. The van der Waals surface area contributed by atoms with Gasteiger partial charge in [0, 0.05) is 12.6 Å². The summed E-state index contributed by atoms with van der Waals surface area (Å²) in [5.74, 6) is 2.47. The van der Waals surface area contributed by atoms with E-state index >= 15 is 0 Å². The normalized spacial score (nSPS) is 12.3. The predicted octanol–water partition coefficient (Wildman–Crippen LogP) is 0.800. The molecule has 1 heterocycles. The predicted molar refractivity (Wildman–Crippen MR) is 60.0 cm³/mol. The lowest BCUT2D eigenvalue weighted by Gasteiger charge is -2.11. The van der Waals surface area contributed by atoms with Crippen molar-refractivity contribution in [3.05, 3.63) is 11.9 Å². The number of nitrogens with zero attached hydrogens (tertiary/aromatic N) is 2. The number of aryl methyl sites for hydroxylation is 1. The Morgan fingerprint density at radius 1 is 1.53 bits per heavy atom. The number of hydrogen-bond acceptors (Lipinski definition) is 5. The van der Waals surface area contributed by atoms with E-state index in [2.05, 4.69) is 22.2 Å². The fourth-order valence-corrected chi connectivity index (χ4v) is 1.10. The minimum Gasteiger partial charge on any atom is -0.481 e. The molecule has 1 aromatic heterocycles. The second kappa shape index (κ2) is 5.50. The first-order valence-corrected chi connectivity index (χ1v) is 4.99. The molecule has 0 amide bonds. The highest BCUT2D eigenvalue weighted by atomic mass is 16.5. The Kier molecular flexibility index (Phi) is 4.30. The van der Waals surface area contributed by atoms with Gasteiger partial charge in [-0.25, -0.2) is 4.98 Å². The van der Waals surface area contributed by atoms with E-state index in [1.54, 1.807) is 13.2 Å². The molecule has 0 saturated heterocycles. The first kappa shape index (κ1) is 11.7. The van der Waals surface area contributed by atoms with Gasteiger partial charge in [0.1, 0.15) is 11.6 Å². The van der Waals surface area contributed by atoms with Crippen LogP contribution in [0.4, 0.5) is 5.82 Å². The van der Waals surface area contributed by atoms with Crippen LogP contribution in [-0.2, 0) is 0 Å². The number of ether oxygens (including phenoxy) is 1. The molecular formula is C10H18N4O. The maximum Gasteiger partial charge on any atom is 0.218 e. The van der Waals surface area contributed by atoms with Crippen LogP contribution in [-0.4, -0.2) is 30.2 Å². The number of methoxy groups -OCH3 is 1. The Morgan fingerprint density at radius 2 is 2.27 bits per heavy atom. The largest absolute Gasteiger partial charge is 0.481 e. The third-order valence-electron chi connectivity index (χ3n) is 2.06. The summed E-state index contributed by atoms with van der Waals surface area (Å²) in [6, 6.07) is 1.77. The van der Waals surface area contributed by atoms with E-state index in [1.807, 2.05) is 6.92 Å². The highest BCUT2D eigenvalue weighted by molar-refractivity contribution is 5.38.